The second-order valence-electron chi connectivity index (χ2n) is 5.85. The lowest BCUT2D eigenvalue weighted by molar-refractivity contribution is -0.138. The topological polar surface area (TPSA) is 82.5 Å². The van der Waals surface area contributed by atoms with Gasteiger partial charge in [0.2, 0.25) is 0 Å². The van der Waals surface area contributed by atoms with Gasteiger partial charge in [0.05, 0.1) is 6.54 Å². The molecule has 0 aliphatic heterocycles. The van der Waals surface area contributed by atoms with Gasteiger partial charge in [-0.05, 0) is 49.4 Å². The number of Topliss-reactive ketones (excluding diaryl/α,β-unsaturated/α-hetero) is 1. The van der Waals surface area contributed by atoms with Crippen molar-refractivity contribution in [2.24, 2.45) is 0 Å². The van der Waals surface area contributed by atoms with E-state index in [1.807, 2.05) is 18.2 Å². The summed E-state index contributed by atoms with van der Waals surface area (Å²) in [4.78, 5) is 29.0. The van der Waals surface area contributed by atoms with Gasteiger partial charge in [0, 0.05) is 31.3 Å². The highest BCUT2D eigenvalue weighted by atomic mass is 19.1. The van der Waals surface area contributed by atoms with Crippen molar-refractivity contribution in [1.82, 2.24) is 9.88 Å². The molecule has 7 heteroatoms. The Morgan fingerprint density at radius 3 is 2.54 bits per heavy atom. The summed E-state index contributed by atoms with van der Waals surface area (Å²) in [6.07, 6.45) is 2.50. The summed E-state index contributed by atoms with van der Waals surface area (Å²) in [6, 6.07) is 11.0. The van der Waals surface area contributed by atoms with Crippen LogP contribution < -0.4 is 5.32 Å². The average Bonchev–Trinajstić information content (AvgIpc) is 2.62. The van der Waals surface area contributed by atoms with E-state index in [1.54, 1.807) is 11.1 Å². The molecule has 0 amide bonds. The monoisotopic (exact) mass is 359 g/mol. The van der Waals surface area contributed by atoms with Gasteiger partial charge in [-0.25, -0.2) is 9.37 Å². The molecule has 1 heterocycles. The van der Waals surface area contributed by atoms with Gasteiger partial charge in [0.1, 0.15) is 11.6 Å². The first-order valence-corrected chi connectivity index (χ1v) is 8.42. The second kappa shape index (κ2) is 10.2. The number of aromatic nitrogens is 1. The number of halogens is 1. The van der Waals surface area contributed by atoms with E-state index < -0.39 is 5.97 Å². The van der Waals surface area contributed by atoms with Gasteiger partial charge >= 0.3 is 5.97 Å². The van der Waals surface area contributed by atoms with Crippen LogP contribution in [-0.4, -0.2) is 52.9 Å². The van der Waals surface area contributed by atoms with Gasteiger partial charge in [-0.1, -0.05) is 6.07 Å². The number of carboxylic acid groups (broad SMARTS) is 1. The summed E-state index contributed by atoms with van der Waals surface area (Å²) in [5.41, 5.74) is 0.466. The van der Waals surface area contributed by atoms with Crippen LogP contribution in [0.3, 0.4) is 0 Å². The molecule has 1 aromatic carbocycles. The summed E-state index contributed by atoms with van der Waals surface area (Å²) in [5, 5.41) is 12.2. The third-order valence-corrected chi connectivity index (χ3v) is 3.80. The molecule has 0 spiro atoms. The smallest absolute Gasteiger partial charge is 0.317 e. The number of hydrogen-bond donors (Lipinski definition) is 2. The van der Waals surface area contributed by atoms with Crippen molar-refractivity contribution in [3.05, 3.63) is 60.0 Å². The highest BCUT2D eigenvalue weighted by Gasteiger charge is 2.11. The predicted octanol–water partition coefficient (Wildman–Crippen LogP) is 2.68. The molecule has 138 valence electrons. The molecule has 0 saturated carbocycles. The van der Waals surface area contributed by atoms with Crippen molar-refractivity contribution in [3.63, 3.8) is 0 Å². The zero-order valence-corrected chi connectivity index (χ0v) is 14.4. The quantitative estimate of drug-likeness (QED) is 0.600. The Morgan fingerprint density at radius 2 is 1.88 bits per heavy atom. The first kappa shape index (κ1) is 19.5. The molecule has 2 N–H and O–H groups in total. The van der Waals surface area contributed by atoms with Gasteiger partial charge in [-0.2, -0.15) is 0 Å². The fourth-order valence-electron chi connectivity index (χ4n) is 2.51. The molecule has 6 nitrogen and oxygen atoms in total. The van der Waals surface area contributed by atoms with Gasteiger partial charge < -0.3 is 10.4 Å². The van der Waals surface area contributed by atoms with Crippen LogP contribution in [0.25, 0.3) is 0 Å². The third kappa shape index (κ3) is 6.98. The zero-order chi connectivity index (χ0) is 18.8. The fourth-order valence-corrected chi connectivity index (χ4v) is 2.51. The zero-order valence-electron chi connectivity index (χ0n) is 14.4. The first-order chi connectivity index (χ1) is 12.5. The Morgan fingerprint density at radius 1 is 1.12 bits per heavy atom. The molecule has 2 rings (SSSR count). The minimum absolute atomic E-state index is 0.0770. The molecule has 26 heavy (non-hydrogen) atoms. The number of hydrogen-bond acceptors (Lipinski definition) is 5. The number of carbonyl (C=O) groups excluding carboxylic acids is 1. The molecule has 2 aromatic rings. The van der Waals surface area contributed by atoms with E-state index in [1.165, 1.54) is 24.3 Å². The molecule has 0 fully saturated rings. The van der Waals surface area contributed by atoms with Crippen LogP contribution in [0.5, 0.6) is 0 Å². The molecular formula is C19H22FN3O3. The highest BCUT2D eigenvalue weighted by molar-refractivity contribution is 5.95. The van der Waals surface area contributed by atoms with E-state index in [-0.39, 0.29) is 24.6 Å². The van der Waals surface area contributed by atoms with Crippen LogP contribution in [0.4, 0.5) is 10.2 Å². The maximum atomic E-state index is 12.9. The number of aliphatic carboxylic acids is 1. The van der Waals surface area contributed by atoms with Gasteiger partial charge in [0.25, 0.3) is 0 Å². The number of carboxylic acids is 1. The number of rotatable bonds is 11. The largest absolute Gasteiger partial charge is 0.480 e. The van der Waals surface area contributed by atoms with E-state index >= 15 is 0 Å². The summed E-state index contributed by atoms with van der Waals surface area (Å²) in [5.74, 6) is -0.636. The van der Waals surface area contributed by atoms with Crippen molar-refractivity contribution in [1.29, 1.82) is 0 Å². The van der Waals surface area contributed by atoms with E-state index in [0.717, 1.165) is 5.82 Å². The van der Waals surface area contributed by atoms with Gasteiger partial charge in [0.15, 0.2) is 5.78 Å². The minimum Gasteiger partial charge on any atom is -0.480 e. The number of benzene rings is 1. The Labute approximate surface area is 151 Å². The SMILES string of the molecule is O=C(O)CN(CCCC(=O)c1ccc(F)cc1)CCNc1ccccn1. The van der Waals surface area contributed by atoms with Crippen molar-refractivity contribution >= 4 is 17.6 Å². The van der Waals surface area contributed by atoms with E-state index in [4.69, 9.17) is 5.11 Å². The second-order valence-corrected chi connectivity index (χ2v) is 5.85. The van der Waals surface area contributed by atoms with Crippen LogP contribution in [0, 0.1) is 5.82 Å². The van der Waals surface area contributed by atoms with Crippen LogP contribution in [-0.2, 0) is 4.79 Å². The average molecular weight is 359 g/mol. The van der Waals surface area contributed by atoms with E-state index in [9.17, 15) is 14.0 Å². The Hall–Kier alpha value is -2.80. The summed E-state index contributed by atoms with van der Waals surface area (Å²) >= 11 is 0. The van der Waals surface area contributed by atoms with Crippen LogP contribution >= 0.6 is 0 Å². The standard InChI is InChI=1S/C19H22FN3O3/c20-16-8-6-15(7-9-16)17(24)4-3-12-23(14-19(25)26)13-11-22-18-5-1-2-10-21-18/h1-2,5-10H,3-4,11-14H2,(H,21,22)(H,25,26). The first-order valence-electron chi connectivity index (χ1n) is 8.42. The summed E-state index contributed by atoms with van der Waals surface area (Å²) < 4.78 is 12.9. The maximum absolute atomic E-state index is 12.9. The van der Waals surface area contributed by atoms with E-state index in [0.29, 0.717) is 31.6 Å². The number of pyridine rings is 1. The number of carbonyl (C=O) groups is 2. The molecule has 0 aliphatic rings. The van der Waals surface area contributed by atoms with Gasteiger partial charge in [-0.3, -0.25) is 14.5 Å². The summed E-state index contributed by atoms with van der Waals surface area (Å²) in [7, 11) is 0. The van der Waals surface area contributed by atoms with Crippen molar-refractivity contribution < 1.29 is 19.1 Å². The lowest BCUT2D eigenvalue weighted by Crippen LogP contribution is -2.35. The lowest BCUT2D eigenvalue weighted by atomic mass is 10.1. The van der Waals surface area contributed by atoms with Gasteiger partial charge in [-0.15, -0.1) is 0 Å². The number of nitrogens with zero attached hydrogens (tertiary/aromatic N) is 2. The molecular weight excluding hydrogens is 337 g/mol. The van der Waals surface area contributed by atoms with Crippen molar-refractivity contribution in [3.8, 4) is 0 Å². The minimum atomic E-state index is -0.910. The maximum Gasteiger partial charge on any atom is 0.317 e. The lowest BCUT2D eigenvalue weighted by Gasteiger charge is -2.20. The molecule has 0 aliphatic carbocycles. The molecule has 1 aromatic heterocycles. The Kier molecular flexibility index (Phi) is 7.70. The highest BCUT2D eigenvalue weighted by Crippen LogP contribution is 2.08. The van der Waals surface area contributed by atoms with Crippen molar-refractivity contribution in [2.45, 2.75) is 12.8 Å². The number of anilines is 1. The summed E-state index contributed by atoms with van der Waals surface area (Å²) in [6.45, 7) is 1.47. The number of nitrogens with one attached hydrogen (secondary N) is 1. The molecule has 0 bridgehead atoms. The predicted molar refractivity (Wildman–Crippen MR) is 96.8 cm³/mol. The van der Waals surface area contributed by atoms with Crippen molar-refractivity contribution in [2.75, 3.05) is 31.5 Å². The normalized spacial score (nSPS) is 10.7. The van der Waals surface area contributed by atoms with Crippen LogP contribution in [0.2, 0.25) is 0 Å². The Balaban J connectivity index is 1.76. The molecule has 0 saturated heterocycles. The van der Waals surface area contributed by atoms with E-state index in [2.05, 4.69) is 10.3 Å². The molecule has 0 atom stereocenters. The third-order valence-electron chi connectivity index (χ3n) is 3.80. The fraction of sp³-hybridized carbons (Fsp3) is 0.316. The van der Waals surface area contributed by atoms with Crippen LogP contribution in [0.15, 0.2) is 48.7 Å². The Bertz CT molecular complexity index is 708. The molecule has 0 radical (unpaired) electrons. The molecule has 0 unspecified atom stereocenters. The van der Waals surface area contributed by atoms with Crippen LogP contribution in [0.1, 0.15) is 23.2 Å². The number of ketones is 1.